The lowest BCUT2D eigenvalue weighted by molar-refractivity contribution is 0.0696. The molecule has 0 radical (unpaired) electrons. The van der Waals surface area contributed by atoms with Crippen LogP contribution in [0, 0.1) is 17.8 Å². The van der Waals surface area contributed by atoms with Crippen LogP contribution in [0.2, 0.25) is 0 Å². The Balaban J connectivity index is 1.10. The Labute approximate surface area is 278 Å². The zero-order valence-corrected chi connectivity index (χ0v) is 27.8. The third kappa shape index (κ3) is 4.51. The van der Waals surface area contributed by atoms with Crippen LogP contribution in [0.1, 0.15) is 48.8 Å². The maximum Gasteiger partial charge on any atom is 0.254 e. The number of rotatable bonds is 8. The molecule has 3 aliphatic rings. The first-order valence-corrected chi connectivity index (χ1v) is 17.0. The number of aryl methyl sites for hydroxylation is 2. The number of amides is 1. The average Bonchev–Trinajstić information content (AvgIpc) is 3.29. The number of pyridine rings is 1. The van der Waals surface area contributed by atoms with E-state index in [0.29, 0.717) is 40.9 Å². The smallest absolute Gasteiger partial charge is 0.254 e. The summed E-state index contributed by atoms with van der Waals surface area (Å²) >= 11 is 0. The number of benzene rings is 2. The second kappa shape index (κ2) is 10.8. The van der Waals surface area contributed by atoms with Crippen LogP contribution in [0.3, 0.4) is 0 Å². The number of aliphatic hydroxyl groups is 1. The molecule has 5 heterocycles. The van der Waals surface area contributed by atoms with E-state index in [1.807, 2.05) is 55.1 Å². The molecule has 1 saturated heterocycles. The molecule has 6 aromatic rings. The van der Waals surface area contributed by atoms with Gasteiger partial charge in [-0.05, 0) is 92.0 Å². The molecule has 4 aromatic heterocycles. The Hall–Kier alpha value is -4.90. The summed E-state index contributed by atoms with van der Waals surface area (Å²) in [7, 11) is 5.59. The fourth-order valence-corrected chi connectivity index (χ4v) is 8.27. The molecule has 2 unspecified atom stereocenters. The van der Waals surface area contributed by atoms with Crippen molar-refractivity contribution in [1.29, 1.82) is 0 Å². The number of ether oxygens (including phenoxy) is 1. The number of hydrogen-bond donors (Lipinski definition) is 2. The summed E-state index contributed by atoms with van der Waals surface area (Å²) < 4.78 is 12.2. The number of aliphatic hydroxyl groups excluding tert-OH is 1. The highest BCUT2D eigenvalue weighted by Crippen LogP contribution is 2.44. The van der Waals surface area contributed by atoms with Crippen molar-refractivity contribution < 1.29 is 14.6 Å². The number of carbonyl (C=O) groups is 1. The number of likely N-dealkylation sites (tertiary alicyclic amines) is 1. The lowest BCUT2D eigenvalue weighted by Crippen LogP contribution is -2.38. The van der Waals surface area contributed by atoms with Crippen molar-refractivity contribution in [2.75, 3.05) is 19.0 Å². The number of aromatic nitrogens is 6. The third-order valence-corrected chi connectivity index (χ3v) is 11.2. The van der Waals surface area contributed by atoms with E-state index in [4.69, 9.17) is 14.7 Å². The number of nitrogens with one attached hydrogen (secondary N) is 1. The number of carbonyl (C=O) groups excluding carboxylic acids is 1. The molecule has 9 rings (SSSR count). The normalized spacial score (nSPS) is 20.5. The largest absolute Gasteiger partial charge is 0.494 e. The maximum absolute atomic E-state index is 13.8. The van der Waals surface area contributed by atoms with Gasteiger partial charge in [0.25, 0.3) is 5.91 Å². The Bertz CT molecular complexity index is 2260. The van der Waals surface area contributed by atoms with Gasteiger partial charge < -0.3 is 33.8 Å². The number of anilines is 2. The molecule has 1 aliphatic heterocycles. The molecule has 1 amide bonds. The van der Waals surface area contributed by atoms with E-state index >= 15 is 0 Å². The molecular weight excluding hydrogens is 604 g/mol. The lowest BCUT2D eigenvalue weighted by Gasteiger charge is -2.27. The molecule has 2 N–H and O–H groups in total. The fraction of sp³-hybridized carbons (Fsp3) is 0.405. The molecule has 2 aliphatic carbocycles. The summed E-state index contributed by atoms with van der Waals surface area (Å²) in [5.41, 5.74) is 6.80. The van der Waals surface area contributed by atoms with Gasteiger partial charge in [-0.15, -0.1) is 0 Å². The van der Waals surface area contributed by atoms with E-state index in [2.05, 4.69) is 43.4 Å². The zero-order chi connectivity index (χ0) is 32.8. The standard InChI is InChI=1S/C37H40N8O3/c1-20-23-7-10-28(20)45(18-23)37(47)24-13-27-34(31(15-24)48-4)43(3)36(40-27)30-14-22-8-12-32(41-35(22)44(30)17-21-5-6-21)38-25-9-11-29-26(16-25)39-33(19-46)42(29)2/h8-9,11-16,20-21,23,28,46H,5-7,10,17-19H2,1-4H3,(H,38,41)/t20-,23?,28?/m1/s1. The molecule has 2 saturated carbocycles. The summed E-state index contributed by atoms with van der Waals surface area (Å²) in [6, 6.07) is 16.4. The van der Waals surface area contributed by atoms with Crippen molar-refractivity contribution in [3.8, 4) is 17.3 Å². The predicted molar refractivity (Wildman–Crippen MR) is 185 cm³/mol. The lowest BCUT2D eigenvalue weighted by atomic mass is 10.0. The number of piperidine rings is 1. The number of nitrogens with zero attached hydrogens (tertiary/aromatic N) is 7. The minimum absolute atomic E-state index is 0.0737. The van der Waals surface area contributed by atoms with Crippen LogP contribution < -0.4 is 10.1 Å². The van der Waals surface area contributed by atoms with Gasteiger partial charge in [0.15, 0.2) is 5.82 Å². The van der Waals surface area contributed by atoms with Crippen molar-refractivity contribution in [2.24, 2.45) is 31.8 Å². The monoisotopic (exact) mass is 644 g/mol. The molecule has 48 heavy (non-hydrogen) atoms. The molecule has 2 aromatic carbocycles. The van der Waals surface area contributed by atoms with Gasteiger partial charge >= 0.3 is 0 Å². The molecule has 11 heteroatoms. The quantitative estimate of drug-likeness (QED) is 0.209. The fourth-order valence-electron chi connectivity index (χ4n) is 8.27. The van der Waals surface area contributed by atoms with Crippen molar-refractivity contribution in [3.05, 3.63) is 59.9 Å². The summed E-state index contributed by atoms with van der Waals surface area (Å²) in [5.74, 6) is 4.68. The molecule has 3 atom stereocenters. The van der Waals surface area contributed by atoms with Crippen LogP contribution in [-0.4, -0.2) is 64.3 Å². The van der Waals surface area contributed by atoms with E-state index in [-0.39, 0.29) is 12.5 Å². The zero-order valence-electron chi connectivity index (χ0n) is 27.8. The highest BCUT2D eigenvalue weighted by atomic mass is 16.5. The van der Waals surface area contributed by atoms with Crippen molar-refractivity contribution in [3.63, 3.8) is 0 Å². The van der Waals surface area contributed by atoms with E-state index in [1.165, 1.54) is 19.3 Å². The Morgan fingerprint density at radius 2 is 1.83 bits per heavy atom. The third-order valence-electron chi connectivity index (χ3n) is 11.2. The van der Waals surface area contributed by atoms with Crippen LogP contribution in [-0.2, 0) is 27.2 Å². The Morgan fingerprint density at radius 1 is 0.979 bits per heavy atom. The van der Waals surface area contributed by atoms with Gasteiger partial charge in [0.2, 0.25) is 0 Å². The molecule has 0 spiro atoms. The summed E-state index contributed by atoms with van der Waals surface area (Å²) in [6.45, 7) is 3.88. The van der Waals surface area contributed by atoms with Gasteiger partial charge in [0, 0.05) is 49.9 Å². The molecule has 3 fully saturated rings. The van der Waals surface area contributed by atoms with E-state index < -0.39 is 0 Å². The van der Waals surface area contributed by atoms with Crippen LogP contribution in [0.4, 0.5) is 11.5 Å². The molecular formula is C37H40N8O3. The topological polar surface area (TPSA) is 115 Å². The van der Waals surface area contributed by atoms with E-state index in [1.54, 1.807) is 7.11 Å². The van der Waals surface area contributed by atoms with Gasteiger partial charge in [-0.25, -0.2) is 15.0 Å². The van der Waals surface area contributed by atoms with Gasteiger partial charge in [0.1, 0.15) is 35.2 Å². The summed E-state index contributed by atoms with van der Waals surface area (Å²) in [6.07, 6.45) is 4.72. The summed E-state index contributed by atoms with van der Waals surface area (Å²) in [5, 5.41) is 14.2. The number of methoxy groups -OCH3 is 1. The molecule has 246 valence electrons. The Kier molecular flexibility index (Phi) is 6.59. The SMILES string of the molecule is COc1cc(C(=O)N2CC3CCC2[C@@H]3C)cc2nc(-c3cc4ccc(Nc5ccc6c(c5)nc(CO)n6C)nc4n3CC3CC3)n(C)c12. The Morgan fingerprint density at radius 3 is 2.56 bits per heavy atom. The van der Waals surface area contributed by atoms with E-state index in [0.717, 1.165) is 75.6 Å². The second-order valence-electron chi connectivity index (χ2n) is 14.0. The number of hydrogen-bond acceptors (Lipinski definition) is 7. The first-order chi connectivity index (χ1) is 23.3. The van der Waals surface area contributed by atoms with Crippen LogP contribution in [0.5, 0.6) is 5.75 Å². The van der Waals surface area contributed by atoms with Gasteiger partial charge in [-0.1, -0.05) is 6.92 Å². The minimum atomic E-state index is -0.108. The van der Waals surface area contributed by atoms with Gasteiger partial charge in [-0.3, -0.25) is 4.79 Å². The predicted octanol–water partition coefficient (Wildman–Crippen LogP) is 6.00. The van der Waals surface area contributed by atoms with Crippen LogP contribution in [0.15, 0.2) is 48.5 Å². The first kappa shape index (κ1) is 29.3. The highest BCUT2D eigenvalue weighted by molar-refractivity contribution is 6.00. The second-order valence-corrected chi connectivity index (χ2v) is 14.0. The van der Waals surface area contributed by atoms with Crippen molar-refractivity contribution in [2.45, 2.75) is 51.8 Å². The van der Waals surface area contributed by atoms with Crippen molar-refractivity contribution >= 4 is 50.5 Å². The average molecular weight is 645 g/mol. The minimum Gasteiger partial charge on any atom is -0.494 e. The van der Waals surface area contributed by atoms with E-state index in [9.17, 15) is 9.90 Å². The summed E-state index contributed by atoms with van der Waals surface area (Å²) in [4.78, 5) is 30.7. The molecule has 2 bridgehead atoms. The first-order valence-electron chi connectivity index (χ1n) is 17.0. The molecule has 11 nitrogen and oxygen atoms in total. The highest BCUT2D eigenvalue weighted by Gasteiger charge is 2.46. The van der Waals surface area contributed by atoms with Gasteiger partial charge in [0.05, 0.1) is 29.4 Å². The van der Waals surface area contributed by atoms with Crippen molar-refractivity contribution in [1.82, 2.24) is 33.6 Å². The maximum atomic E-state index is 13.8. The van der Waals surface area contributed by atoms with Gasteiger partial charge in [-0.2, -0.15) is 0 Å². The number of fused-ring (bicyclic) bond motifs is 5. The van der Waals surface area contributed by atoms with Crippen LogP contribution in [0.25, 0.3) is 44.6 Å². The number of imidazole rings is 2. The van der Waals surface area contributed by atoms with Crippen LogP contribution >= 0.6 is 0 Å².